The topological polar surface area (TPSA) is 36.7 Å². The van der Waals surface area contributed by atoms with Crippen molar-refractivity contribution < 1.29 is 0 Å². The lowest BCUT2D eigenvalue weighted by atomic mass is 9.70. The molecule has 7 aromatic rings. The van der Waals surface area contributed by atoms with Crippen molar-refractivity contribution in [2.45, 2.75) is 5.41 Å². The van der Waals surface area contributed by atoms with Gasteiger partial charge in [-0.15, -0.1) is 0 Å². The number of benzene rings is 6. The lowest BCUT2D eigenvalue weighted by molar-refractivity contribution is 0.794. The molecular weight excluding hydrogens is 520 g/mol. The summed E-state index contributed by atoms with van der Waals surface area (Å²) in [6, 6.07) is 52.6. The summed E-state index contributed by atoms with van der Waals surface area (Å²) in [6.07, 6.45) is 1.70. The Labute approximate surface area is 250 Å². The summed E-state index contributed by atoms with van der Waals surface area (Å²) in [6.45, 7) is 0. The molecule has 2 nitrogen and oxygen atoms in total. The smallest absolute Gasteiger partial charge is 0.0992 e. The molecular formula is C41H24N2. The van der Waals surface area contributed by atoms with Gasteiger partial charge in [-0.1, -0.05) is 121 Å². The summed E-state index contributed by atoms with van der Waals surface area (Å²) < 4.78 is 0. The first-order chi connectivity index (χ1) is 21.3. The Morgan fingerprint density at radius 2 is 1.05 bits per heavy atom. The molecule has 0 unspecified atom stereocenters. The molecule has 0 atom stereocenters. The van der Waals surface area contributed by atoms with E-state index in [4.69, 9.17) is 0 Å². The zero-order valence-electron chi connectivity index (χ0n) is 23.3. The van der Waals surface area contributed by atoms with Crippen molar-refractivity contribution >= 4 is 10.8 Å². The van der Waals surface area contributed by atoms with Crippen molar-refractivity contribution in [1.82, 2.24) is 4.98 Å². The van der Waals surface area contributed by atoms with Gasteiger partial charge < -0.3 is 0 Å². The van der Waals surface area contributed by atoms with Crippen molar-refractivity contribution in [2.75, 3.05) is 0 Å². The molecule has 0 saturated heterocycles. The van der Waals surface area contributed by atoms with Gasteiger partial charge in [0.2, 0.25) is 0 Å². The summed E-state index contributed by atoms with van der Waals surface area (Å²) >= 11 is 0. The normalized spacial score (nSPS) is 13.3. The van der Waals surface area contributed by atoms with E-state index in [0.29, 0.717) is 5.56 Å². The number of nitrogens with zero attached hydrogens (tertiary/aromatic N) is 2. The number of hydrogen-bond donors (Lipinski definition) is 0. The maximum absolute atomic E-state index is 9.38. The van der Waals surface area contributed by atoms with Crippen molar-refractivity contribution in [3.8, 4) is 50.7 Å². The maximum atomic E-state index is 9.38. The first kappa shape index (κ1) is 23.9. The van der Waals surface area contributed by atoms with Gasteiger partial charge >= 0.3 is 0 Å². The Morgan fingerprint density at radius 1 is 0.488 bits per heavy atom. The molecule has 43 heavy (non-hydrogen) atoms. The van der Waals surface area contributed by atoms with E-state index in [1.54, 1.807) is 12.3 Å². The van der Waals surface area contributed by atoms with Gasteiger partial charge in [-0.25, -0.2) is 0 Å². The number of nitriles is 1. The van der Waals surface area contributed by atoms with Crippen LogP contribution in [0.1, 0.15) is 27.8 Å². The van der Waals surface area contributed by atoms with Crippen LogP contribution in [0, 0.1) is 11.3 Å². The standard InChI is InChI=1S/C41H24N2/c42-25-26-21-22-43-39(23-26)28-19-17-27(18-20-28)34-24-38-40(32-12-2-1-9-29(32)34)33-13-5-8-16-37(33)41(38)35-14-6-3-10-30(35)31-11-4-7-15-36(31)41/h1-24H. The van der Waals surface area contributed by atoms with Crippen molar-refractivity contribution in [1.29, 1.82) is 5.26 Å². The fraction of sp³-hybridized carbons (Fsp3) is 0.0244. The number of rotatable bonds is 2. The van der Waals surface area contributed by atoms with Gasteiger partial charge in [0.1, 0.15) is 0 Å². The molecule has 0 radical (unpaired) electrons. The van der Waals surface area contributed by atoms with Gasteiger partial charge in [0.15, 0.2) is 0 Å². The minimum absolute atomic E-state index is 0.389. The van der Waals surface area contributed by atoms with Crippen LogP contribution in [0.4, 0.5) is 0 Å². The second-order valence-corrected chi connectivity index (χ2v) is 11.4. The third kappa shape index (κ3) is 3.14. The molecule has 0 saturated carbocycles. The van der Waals surface area contributed by atoms with Gasteiger partial charge in [-0.2, -0.15) is 5.26 Å². The lowest BCUT2D eigenvalue weighted by Gasteiger charge is -2.31. The predicted molar refractivity (Wildman–Crippen MR) is 174 cm³/mol. The van der Waals surface area contributed by atoms with Crippen LogP contribution in [0.3, 0.4) is 0 Å². The molecule has 0 N–H and O–H groups in total. The number of pyridine rings is 1. The molecule has 1 heterocycles. The van der Waals surface area contributed by atoms with Crippen molar-refractivity contribution in [3.63, 3.8) is 0 Å². The SMILES string of the molecule is N#Cc1ccnc(-c2ccc(-c3cc4c(c5ccccc35)-c3ccccc3C43c4ccccc4-c4ccccc43)cc2)c1. The Hall–Kier alpha value is -5.78. The number of aromatic nitrogens is 1. The molecule has 198 valence electrons. The third-order valence-electron chi connectivity index (χ3n) is 9.38. The zero-order valence-corrected chi connectivity index (χ0v) is 23.3. The molecule has 2 heteroatoms. The van der Waals surface area contributed by atoms with Crippen LogP contribution in [0.15, 0.2) is 146 Å². The molecule has 0 fully saturated rings. The fourth-order valence-electron chi connectivity index (χ4n) is 7.67. The predicted octanol–water partition coefficient (Wildman–Crippen LogP) is 9.78. The van der Waals surface area contributed by atoms with E-state index in [0.717, 1.165) is 16.8 Å². The van der Waals surface area contributed by atoms with E-state index >= 15 is 0 Å². The Bertz CT molecular complexity index is 2260. The molecule has 1 aromatic heterocycles. The second-order valence-electron chi connectivity index (χ2n) is 11.4. The highest BCUT2D eigenvalue weighted by atomic mass is 14.7. The first-order valence-electron chi connectivity index (χ1n) is 14.6. The molecule has 1 spiro atoms. The van der Waals surface area contributed by atoms with Crippen molar-refractivity contribution in [3.05, 3.63) is 174 Å². The largest absolute Gasteiger partial charge is 0.256 e. The maximum Gasteiger partial charge on any atom is 0.0992 e. The number of fused-ring (bicyclic) bond motifs is 12. The van der Waals surface area contributed by atoms with E-state index in [1.165, 1.54) is 60.8 Å². The fourth-order valence-corrected chi connectivity index (χ4v) is 7.67. The van der Waals surface area contributed by atoms with E-state index in [2.05, 4.69) is 138 Å². The number of hydrogen-bond acceptors (Lipinski definition) is 2. The Balaban J connectivity index is 1.35. The average molecular weight is 545 g/mol. The highest BCUT2D eigenvalue weighted by Crippen LogP contribution is 2.64. The summed E-state index contributed by atoms with van der Waals surface area (Å²) in [5, 5.41) is 11.9. The molecule has 9 rings (SSSR count). The molecule has 6 aromatic carbocycles. The van der Waals surface area contributed by atoms with Crippen LogP contribution in [0.25, 0.3) is 55.4 Å². The average Bonchev–Trinajstić information content (AvgIpc) is 3.55. The van der Waals surface area contributed by atoms with Gasteiger partial charge in [0, 0.05) is 11.8 Å². The molecule has 2 aliphatic carbocycles. The molecule has 2 aliphatic rings. The van der Waals surface area contributed by atoms with Crippen LogP contribution in [0.5, 0.6) is 0 Å². The van der Waals surface area contributed by atoms with E-state index in [-0.39, 0.29) is 5.41 Å². The molecule has 0 aliphatic heterocycles. The van der Waals surface area contributed by atoms with Crippen LogP contribution in [-0.4, -0.2) is 4.98 Å². The highest BCUT2D eigenvalue weighted by Gasteiger charge is 2.52. The summed E-state index contributed by atoms with van der Waals surface area (Å²) in [5.74, 6) is 0. The van der Waals surface area contributed by atoms with E-state index in [1.807, 2.05) is 6.07 Å². The quantitative estimate of drug-likeness (QED) is 0.217. The summed E-state index contributed by atoms with van der Waals surface area (Å²) in [4.78, 5) is 4.52. The monoisotopic (exact) mass is 544 g/mol. The third-order valence-corrected chi connectivity index (χ3v) is 9.38. The Kier molecular flexibility index (Phi) is 4.92. The zero-order chi connectivity index (χ0) is 28.5. The van der Waals surface area contributed by atoms with E-state index < -0.39 is 0 Å². The first-order valence-corrected chi connectivity index (χ1v) is 14.6. The molecule has 0 amide bonds. The second kappa shape index (κ2) is 8.86. The van der Waals surface area contributed by atoms with Crippen molar-refractivity contribution in [2.24, 2.45) is 0 Å². The van der Waals surface area contributed by atoms with Crippen LogP contribution >= 0.6 is 0 Å². The van der Waals surface area contributed by atoms with Gasteiger partial charge in [-0.3, -0.25) is 4.98 Å². The minimum Gasteiger partial charge on any atom is -0.256 e. The summed E-state index contributed by atoms with van der Waals surface area (Å²) in [5.41, 5.74) is 15.0. The summed E-state index contributed by atoms with van der Waals surface area (Å²) in [7, 11) is 0. The highest BCUT2D eigenvalue weighted by molar-refractivity contribution is 6.11. The molecule has 0 bridgehead atoms. The minimum atomic E-state index is -0.389. The van der Waals surface area contributed by atoms with Gasteiger partial charge in [0.05, 0.1) is 22.7 Å². The lowest BCUT2D eigenvalue weighted by Crippen LogP contribution is -2.25. The van der Waals surface area contributed by atoms with Gasteiger partial charge in [-0.05, 0) is 84.6 Å². The van der Waals surface area contributed by atoms with E-state index in [9.17, 15) is 5.26 Å². The Morgan fingerprint density at radius 3 is 1.72 bits per heavy atom. The van der Waals surface area contributed by atoms with Crippen LogP contribution < -0.4 is 0 Å². The van der Waals surface area contributed by atoms with Crippen LogP contribution in [0.2, 0.25) is 0 Å². The van der Waals surface area contributed by atoms with Gasteiger partial charge in [0.25, 0.3) is 0 Å². The van der Waals surface area contributed by atoms with Crippen LogP contribution in [-0.2, 0) is 5.41 Å².